The van der Waals surface area contributed by atoms with Crippen molar-refractivity contribution in [1.29, 1.82) is 0 Å². The number of carbonyl (C=O) groups excluding carboxylic acids is 1. The van der Waals surface area contributed by atoms with E-state index in [4.69, 9.17) is 10.5 Å². The van der Waals surface area contributed by atoms with Gasteiger partial charge in [-0.3, -0.25) is 0 Å². The molecular formula is C14H14FNO3S. The molecular weight excluding hydrogens is 281 g/mol. The first-order valence-electron chi connectivity index (χ1n) is 5.84. The Morgan fingerprint density at radius 3 is 2.45 bits per heavy atom. The van der Waals surface area contributed by atoms with Crippen molar-refractivity contribution < 1.29 is 18.7 Å². The lowest BCUT2D eigenvalue weighted by Crippen LogP contribution is -2.01. The van der Waals surface area contributed by atoms with E-state index in [0.717, 1.165) is 22.5 Å². The van der Waals surface area contributed by atoms with E-state index in [1.165, 1.54) is 12.5 Å². The highest BCUT2D eigenvalue weighted by molar-refractivity contribution is 7.12. The van der Waals surface area contributed by atoms with Gasteiger partial charge < -0.3 is 15.2 Å². The zero-order valence-electron chi connectivity index (χ0n) is 11.3. The Morgan fingerprint density at radius 2 is 1.90 bits per heavy atom. The number of hydrogen-bond donors (Lipinski definition) is 1. The third-order valence-corrected chi connectivity index (χ3v) is 3.68. The number of rotatable bonds is 3. The van der Waals surface area contributed by atoms with Gasteiger partial charge in [0.2, 0.25) is 0 Å². The summed E-state index contributed by atoms with van der Waals surface area (Å²) in [5, 5.41) is 1.44. The predicted molar refractivity (Wildman–Crippen MR) is 76.0 cm³/mol. The van der Waals surface area contributed by atoms with Crippen molar-refractivity contribution in [3.05, 3.63) is 39.3 Å². The molecule has 0 aliphatic heterocycles. The molecule has 0 fully saturated rings. The van der Waals surface area contributed by atoms with Crippen LogP contribution in [0.4, 0.5) is 10.1 Å². The Hall–Kier alpha value is -2.08. The SMILES string of the molecule is COC(=O)c1scc(Oc2c(C)cc(N)cc2C)c1F. The minimum Gasteiger partial charge on any atom is -0.465 e. The van der Waals surface area contributed by atoms with Gasteiger partial charge in [-0.05, 0) is 37.1 Å². The molecule has 0 radical (unpaired) electrons. The second-order valence-corrected chi connectivity index (χ2v) is 5.20. The van der Waals surface area contributed by atoms with Gasteiger partial charge in [0.1, 0.15) is 5.75 Å². The van der Waals surface area contributed by atoms with Gasteiger partial charge in [-0.15, -0.1) is 11.3 Å². The fraction of sp³-hybridized carbons (Fsp3) is 0.214. The number of benzene rings is 1. The Kier molecular flexibility index (Phi) is 3.94. The molecule has 0 aliphatic carbocycles. The van der Waals surface area contributed by atoms with Crippen molar-refractivity contribution in [3.63, 3.8) is 0 Å². The normalized spacial score (nSPS) is 10.4. The highest BCUT2D eigenvalue weighted by atomic mass is 32.1. The maximum Gasteiger partial charge on any atom is 0.351 e. The molecule has 0 unspecified atom stereocenters. The van der Waals surface area contributed by atoms with E-state index in [2.05, 4.69) is 4.74 Å². The Morgan fingerprint density at radius 1 is 1.30 bits per heavy atom. The summed E-state index contributed by atoms with van der Waals surface area (Å²) < 4.78 is 24.1. The fourth-order valence-corrected chi connectivity index (χ4v) is 2.64. The zero-order valence-corrected chi connectivity index (χ0v) is 12.1. The van der Waals surface area contributed by atoms with Crippen LogP contribution in [0.5, 0.6) is 11.5 Å². The smallest absolute Gasteiger partial charge is 0.351 e. The molecule has 0 atom stereocenters. The second kappa shape index (κ2) is 5.50. The van der Waals surface area contributed by atoms with Gasteiger partial charge >= 0.3 is 5.97 Å². The van der Waals surface area contributed by atoms with Gasteiger partial charge in [-0.1, -0.05) is 0 Å². The van der Waals surface area contributed by atoms with Gasteiger partial charge in [0, 0.05) is 11.1 Å². The van der Waals surface area contributed by atoms with E-state index < -0.39 is 11.8 Å². The highest BCUT2D eigenvalue weighted by Crippen LogP contribution is 2.35. The van der Waals surface area contributed by atoms with Crippen LogP contribution >= 0.6 is 11.3 Å². The number of ether oxygens (including phenoxy) is 2. The van der Waals surface area contributed by atoms with Crippen molar-refractivity contribution in [3.8, 4) is 11.5 Å². The van der Waals surface area contributed by atoms with Gasteiger partial charge in [0.05, 0.1) is 7.11 Å². The van der Waals surface area contributed by atoms with E-state index >= 15 is 0 Å². The lowest BCUT2D eigenvalue weighted by molar-refractivity contribution is 0.0601. The van der Waals surface area contributed by atoms with Crippen LogP contribution in [0.3, 0.4) is 0 Å². The number of methoxy groups -OCH3 is 1. The molecule has 0 saturated carbocycles. The van der Waals surface area contributed by atoms with Crippen LogP contribution in [-0.2, 0) is 4.74 Å². The van der Waals surface area contributed by atoms with Crippen molar-refractivity contribution in [1.82, 2.24) is 0 Å². The van der Waals surface area contributed by atoms with Crippen LogP contribution in [0.25, 0.3) is 0 Å². The first-order chi connectivity index (χ1) is 9.43. The molecule has 4 nitrogen and oxygen atoms in total. The summed E-state index contributed by atoms with van der Waals surface area (Å²) in [7, 11) is 1.20. The molecule has 2 N–H and O–H groups in total. The molecule has 106 valence electrons. The van der Waals surface area contributed by atoms with Gasteiger partial charge in [0.15, 0.2) is 16.4 Å². The molecule has 2 rings (SSSR count). The summed E-state index contributed by atoms with van der Waals surface area (Å²) in [6.07, 6.45) is 0. The van der Waals surface area contributed by atoms with Crippen LogP contribution < -0.4 is 10.5 Å². The van der Waals surface area contributed by atoms with Gasteiger partial charge in [-0.2, -0.15) is 0 Å². The number of aryl methyl sites for hydroxylation is 2. The standard InChI is InChI=1S/C14H14FNO3S/c1-7-4-9(16)5-8(2)12(7)19-10-6-20-13(11(10)15)14(17)18-3/h4-6H,16H2,1-3H3. The number of hydrogen-bond acceptors (Lipinski definition) is 5. The van der Waals surface area contributed by atoms with Crippen LogP contribution in [-0.4, -0.2) is 13.1 Å². The number of thiophene rings is 1. The monoisotopic (exact) mass is 295 g/mol. The molecule has 1 aromatic carbocycles. The molecule has 0 saturated heterocycles. The molecule has 2 aromatic rings. The number of nitrogen functional groups attached to an aromatic ring is 1. The topological polar surface area (TPSA) is 61.5 Å². The molecule has 0 aliphatic rings. The van der Waals surface area contributed by atoms with Crippen LogP contribution in [0.15, 0.2) is 17.5 Å². The third kappa shape index (κ3) is 2.60. The number of halogens is 1. The fourth-order valence-electron chi connectivity index (χ4n) is 1.88. The summed E-state index contributed by atoms with van der Waals surface area (Å²) in [6.45, 7) is 3.65. The van der Waals surface area contributed by atoms with Crippen LogP contribution in [0.2, 0.25) is 0 Å². The molecule has 0 amide bonds. The van der Waals surface area contributed by atoms with Crippen molar-refractivity contribution >= 4 is 23.0 Å². The molecule has 20 heavy (non-hydrogen) atoms. The zero-order chi connectivity index (χ0) is 14.9. The van der Waals surface area contributed by atoms with E-state index in [1.54, 1.807) is 12.1 Å². The average Bonchev–Trinajstić information content (AvgIpc) is 2.74. The first-order valence-corrected chi connectivity index (χ1v) is 6.72. The van der Waals surface area contributed by atoms with Crippen molar-refractivity contribution in [2.24, 2.45) is 0 Å². The summed E-state index contributed by atoms with van der Waals surface area (Å²) in [5.74, 6) is -0.885. The largest absolute Gasteiger partial charge is 0.465 e. The second-order valence-electron chi connectivity index (χ2n) is 4.32. The summed E-state index contributed by atoms with van der Waals surface area (Å²) >= 11 is 0.944. The van der Waals surface area contributed by atoms with E-state index in [-0.39, 0.29) is 10.6 Å². The summed E-state index contributed by atoms with van der Waals surface area (Å²) in [5.41, 5.74) is 7.94. The molecule has 6 heteroatoms. The molecule has 1 aromatic heterocycles. The summed E-state index contributed by atoms with van der Waals surface area (Å²) in [6, 6.07) is 3.49. The van der Waals surface area contributed by atoms with Gasteiger partial charge in [0.25, 0.3) is 0 Å². The maximum atomic E-state index is 14.1. The Labute approximate surface area is 119 Å². The lowest BCUT2D eigenvalue weighted by atomic mass is 10.1. The summed E-state index contributed by atoms with van der Waals surface area (Å²) in [4.78, 5) is 11.3. The van der Waals surface area contributed by atoms with Crippen molar-refractivity contribution in [2.45, 2.75) is 13.8 Å². The molecule has 0 bridgehead atoms. The number of esters is 1. The lowest BCUT2D eigenvalue weighted by Gasteiger charge is -2.11. The van der Waals surface area contributed by atoms with Crippen molar-refractivity contribution in [2.75, 3.05) is 12.8 Å². The Bertz CT molecular complexity index is 643. The van der Waals surface area contributed by atoms with E-state index in [1.807, 2.05) is 13.8 Å². The first kappa shape index (κ1) is 14.3. The van der Waals surface area contributed by atoms with E-state index in [0.29, 0.717) is 11.4 Å². The number of carbonyl (C=O) groups is 1. The number of nitrogens with two attached hydrogens (primary N) is 1. The van der Waals surface area contributed by atoms with Crippen LogP contribution in [0.1, 0.15) is 20.8 Å². The minimum atomic E-state index is -0.715. The maximum absolute atomic E-state index is 14.1. The Balaban J connectivity index is 2.36. The van der Waals surface area contributed by atoms with Crippen LogP contribution in [0, 0.1) is 19.7 Å². The number of anilines is 1. The van der Waals surface area contributed by atoms with Gasteiger partial charge in [-0.25, -0.2) is 9.18 Å². The highest BCUT2D eigenvalue weighted by Gasteiger charge is 2.21. The molecule has 0 spiro atoms. The molecule has 1 heterocycles. The minimum absolute atomic E-state index is 0.00590. The van der Waals surface area contributed by atoms with E-state index in [9.17, 15) is 9.18 Å². The third-order valence-electron chi connectivity index (χ3n) is 2.76. The quantitative estimate of drug-likeness (QED) is 0.693. The average molecular weight is 295 g/mol. The predicted octanol–water partition coefficient (Wildman–Crippen LogP) is 3.67.